The summed E-state index contributed by atoms with van der Waals surface area (Å²) in [4.78, 5) is 14.3. The zero-order valence-corrected chi connectivity index (χ0v) is 11.1. The van der Waals surface area contributed by atoms with Crippen molar-refractivity contribution in [3.05, 3.63) is 17.3 Å². The van der Waals surface area contributed by atoms with Gasteiger partial charge in [0.2, 0.25) is 0 Å². The Kier molecular flexibility index (Phi) is 5.09. The molecule has 0 spiro atoms. The molecular formula is C11H9F6NO4. The fourth-order valence-electron chi connectivity index (χ4n) is 1.51. The van der Waals surface area contributed by atoms with E-state index < -0.39 is 47.7 Å². The summed E-state index contributed by atoms with van der Waals surface area (Å²) in [7, 11) is 1.76. The number of carbonyl (C=O) groups is 1. The van der Waals surface area contributed by atoms with Crippen LogP contribution in [0.25, 0.3) is 0 Å². The predicted octanol–water partition coefficient (Wildman–Crippen LogP) is 2.72. The number of hydrogen-bond donors (Lipinski definition) is 0. The maximum Gasteiger partial charge on any atom is 0.573 e. The highest BCUT2D eigenvalue weighted by Crippen LogP contribution is 2.41. The van der Waals surface area contributed by atoms with Crippen molar-refractivity contribution in [1.29, 1.82) is 0 Å². The molecule has 0 aliphatic heterocycles. The quantitative estimate of drug-likeness (QED) is 0.626. The van der Waals surface area contributed by atoms with Gasteiger partial charge in [-0.15, -0.1) is 13.2 Å². The van der Waals surface area contributed by atoms with Gasteiger partial charge in [0.25, 0.3) is 5.88 Å². The molecule has 5 nitrogen and oxygen atoms in total. The van der Waals surface area contributed by atoms with E-state index in [1.165, 1.54) is 0 Å². The molecule has 0 saturated heterocycles. The van der Waals surface area contributed by atoms with E-state index in [2.05, 4.69) is 19.2 Å². The molecule has 11 heteroatoms. The number of halogens is 6. The van der Waals surface area contributed by atoms with Crippen LogP contribution >= 0.6 is 0 Å². The Bertz CT molecular complexity index is 555. The zero-order chi connectivity index (χ0) is 17.1. The largest absolute Gasteiger partial charge is 0.573 e. The van der Waals surface area contributed by atoms with Crippen LogP contribution in [0.1, 0.15) is 11.1 Å². The molecule has 0 aromatic carbocycles. The predicted molar refractivity (Wildman–Crippen MR) is 58.2 cm³/mol. The Morgan fingerprint density at radius 1 is 1.18 bits per heavy atom. The van der Waals surface area contributed by atoms with Gasteiger partial charge in [-0.1, -0.05) is 0 Å². The molecule has 1 aromatic heterocycles. The van der Waals surface area contributed by atoms with Crippen molar-refractivity contribution in [2.45, 2.75) is 19.0 Å². The molecule has 22 heavy (non-hydrogen) atoms. The van der Waals surface area contributed by atoms with Gasteiger partial charge in [0.05, 0.1) is 26.2 Å². The molecule has 0 saturated carbocycles. The van der Waals surface area contributed by atoms with Crippen LogP contribution in [0.3, 0.4) is 0 Å². The summed E-state index contributed by atoms with van der Waals surface area (Å²) in [6, 6.07) is 0. The van der Waals surface area contributed by atoms with Crippen molar-refractivity contribution >= 4 is 5.97 Å². The molecule has 0 bridgehead atoms. The van der Waals surface area contributed by atoms with Gasteiger partial charge in [0.15, 0.2) is 5.75 Å². The summed E-state index contributed by atoms with van der Waals surface area (Å²) >= 11 is 0. The standard InChI is InChI=1S/C11H9F6NO4/c1-20-7(19)3-5-6(10(12,13)14)4-18-9(21-2)8(5)22-11(15,16)17/h4H,3H2,1-2H3. The Balaban J connectivity index is 3.55. The van der Waals surface area contributed by atoms with Crippen LogP contribution < -0.4 is 9.47 Å². The van der Waals surface area contributed by atoms with E-state index in [1.54, 1.807) is 0 Å². The fraction of sp³-hybridized carbons (Fsp3) is 0.455. The van der Waals surface area contributed by atoms with Gasteiger partial charge in [-0.2, -0.15) is 13.2 Å². The van der Waals surface area contributed by atoms with E-state index in [9.17, 15) is 31.1 Å². The summed E-state index contributed by atoms with van der Waals surface area (Å²) in [5, 5.41) is 0. The van der Waals surface area contributed by atoms with Crippen LogP contribution in [0.4, 0.5) is 26.3 Å². The maximum atomic E-state index is 12.9. The first-order valence-corrected chi connectivity index (χ1v) is 5.45. The van der Waals surface area contributed by atoms with Crippen molar-refractivity contribution in [1.82, 2.24) is 4.98 Å². The van der Waals surface area contributed by atoms with Crippen LogP contribution in [0, 0.1) is 0 Å². The van der Waals surface area contributed by atoms with Gasteiger partial charge in [-0.25, -0.2) is 4.98 Å². The average molecular weight is 333 g/mol. The number of alkyl halides is 6. The van der Waals surface area contributed by atoms with E-state index in [0.717, 1.165) is 14.2 Å². The lowest BCUT2D eigenvalue weighted by Gasteiger charge is -2.19. The van der Waals surface area contributed by atoms with Crippen LogP contribution in [0.15, 0.2) is 6.20 Å². The van der Waals surface area contributed by atoms with Crippen molar-refractivity contribution < 1.29 is 45.3 Å². The third-order valence-corrected chi connectivity index (χ3v) is 2.37. The second kappa shape index (κ2) is 6.28. The first kappa shape index (κ1) is 17.9. The highest BCUT2D eigenvalue weighted by Gasteiger charge is 2.41. The highest BCUT2D eigenvalue weighted by atomic mass is 19.4. The monoisotopic (exact) mass is 333 g/mol. The number of nitrogens with zero attached hydrogens (tertiary/aromatic N) is 1. The van der Waals surface area contributed by atoms with Crippen molar-refractivity contribution in [3.8, 4) is 11.6 Å². The van der Waals surface area contributed by atoms with Gasteiger partial charge in [-0.3, -0.25) is 4.79 Å². The second-order valence-electron chi connectivity index (χ2n) is 3.79. The normalized spacial score (nSPS) is 12.0. The van der Waals surface area contributed by atoms with Crippen LogP contribution in [-0.4, -0.2) is 31.5 Å². The third-order valence-electron chi connectivity index (χ3n) is 2.37. The summed E-state index contributed by atoms with van der Waals surface area (Å²) in [6.45, 7) is 0. The summed E-state index contributed by atoms with van der Waals surface area (Å²) in [5.74, 6) is -3.37. The maximum absolute atomic E-state index is 12.9. The van der Waals surface area contributed by atoms with E-state index in [-0.39, 0.29) is 6.20 Å². The van der Waals surface area contributed by atoms with Gasteiger partial charge in [-0.05, 0) is 0 Å². The first-order valence-electron chi connectivity index (χ1n) is 5.45. The molecule has 0 amide bonds. The van der Waals surface area contributed by atoms with Gasteiger partial charge in [0, 0.05) is 11.8 Å². The zero-order valence-electron chi connectivity index (χ0n) is 11.1. The molecule has 0 fully saturated rings. The Labute approximate surface area is 119 Å². The number of rotatable bonds is 4. The number of esters is 1. The Hall–Kier alpha value is -2.20. The molecule has 0 atom stereocenters. The molecule has 1 heterocycles. The molecule has 1 aromatic rings. The van der Waals surface area contributed by atoms with Crippen molar-refractivity contribution in [2.24, 2.45) is 0 Å². The minimum atomic E-state index is -5.30. The minimum absolute atomic E-state index is 0.250. The van der Waals surface area contributed by atoms with Gasteiger partial charge in [0.1, 0.15) is 0 Å². The van der Waals surface area contributed by atoms with Crippen LogP contribution in [0.5, 0.6) is 11.6 Å². The first-order chi connectivity index (χ1) is 9.99. The van der Waals surface area contributed by atoms with Crippen molar-refractivity contribution in [3.63, 3.8) is 0 Å². The molecule has 1 rings (SSSR count). The SMILES string of the molecule is COC(=O)Cc1c(C(F)(F)F)cnc(OC)c1OC(F)(F)F. The van der Waals surface area contributed by atoms with E-state index in [4.69, 9.17) is 0 Å². The minimum Gasteiger partial charge on any atom is -0.478 e. The number of hydrogen-bond acceptors (Lipinski definition) is 5. The number of methoxy groups -OCH3 is 2. The summed E-state index contributed by atoms with van der Waals surface area (Å²) in [5.41, 5.74) is -2.64. The van der Waals surface area contributed by atoms with Crippen LogP contribution in [0.2, 0.25) is 0 Å². The number of pyridine rings is 1. The number of carbonyl (C=O) groups excluding carboxylic acids is 1. The Morgan fingerprint density at radius 3 is 2.18 bits per heavy atom. The lowest BCUT2D eigenvalue weighted by molar-refractivity contribution is -0.275. The fourth-order valence-corrected chi connectivity index (χ4v) is 1.51. The molecule has 0 aliphatic rings. The molecular weight excluding hydrogens is 324 g/mol. The van der Waals surface area contributed by atoms with E-state index in [1.807, 2.05) is 0 Å². The number of aromatic nitrogens is 1. The lowest BCUT2D eigenvalue weighted by Crippen LogP contribution is -2.22. The molecule has 0 radical (unpaired) electrons. The van der Waals surface area contributed by atoms with E-state index in [0.29, 0.717) is 0 Å². The van der Waals surface area contributed by atoms with Crippen molar-refractivity contribution in [2.75, 3.05) is 14.2 Å². The number of ether oxygens (including phenoxy) is 3. The lowest BCUT2D eigenvalue weighted by atomic mass is 10.1. The van der Waals surface area contributed by atoms with Gasteiger partial charge >= 0.3 is 18.5 Å². The highest BCUT2D eigenvalue weighted by molar-refractivity contribution is 5.74. The third kappa shape index (κ3) is 4.40. The molecule has 0 N–H and O–H groups in total. The average Bonchev–Trinajstić information content (AvgIpc) is 2.37. The van der Waals surface area contributed by atoms with Crippen LogP contribution in [-0.2, 0) is 22.1 Å². The van der Waals surface area contributed by atoms with E-state index >= 15 is 0 Å². The molecule has 0 unspecified atom stereocenters. The summed E-state index contributed by atoms with van der Waals surface area (Å²) in [6.07, 6.45) is -11.2. The summed E-state index contributed by atoms with van der Waals surface area (Å²) < 4.78 is 88.0. The topological polar surface area (TPSA) is 57.7 Å². The molecule has 0 aliphatic carbocycles. The second-order valence-corrected chi connectivity index (χ2v) is 3.79. The Morgan fingerprint density at radius 2 is 1.77 bits per heavy atom. The smallest absolute Gasteiger partial charge is 0.478 e. The van der Waals surface area contributed by atoms with Gasteiger partial charge < -0.3 is 14.2 Å². The molecule has 124 valence electrons.